The number of nitrogens with one attached hydrogen (secondary N) is 2. The standard InChI is InChI=1S/C14H23N5O/c1-4-15-12-9-19-7-5-17-14(19)13(18-12)16-6-8-20-10-11(2)3/h5,7,9,11,15H,4,6,8,10H2,1-3H3,(H,16,18). The van der Waals surface area contributed by atoms with Gasteiger partial charge >= 0.3 is 0 Å². The van der Waals surface area contributed by atoms with Gasteiger partial charge in [0.1, 0.15) is 5.82 Å². The van der Waals surface area contributed by atoms with Crippen LogP contribution in [0.15, 0.2) is 18.6 Å². The topological polar surface area (TPSA) is 63.5 Å². The minimum Gasteiger partial charge on any atom is -0.379 e. The van der Waals surface area contributed by atoms with Crippen LogP contribution in [-0.2, 0) is 4.74 Å². The Kier molecular flexibility index (Phi) is 5.17. The molecule has 0 aliphatic carbocycles. The number of fused-ring (bicyclic) bond motifs is 1. The first kappa shape index (κ1) is 14.6. The first-order valence-corrected chi connectivity index (χ1v) is 7.10. The normalized spacial score (nSPS) is 11.2. The van der Waals surface area contributed by atoms with Crippen LogP contribution in [0.1, 0.15) is 20.8 Å². The predicted molar refractivity (Wildman–Crippen MR) is 81.3 cm³/mol. The Bertz CT molecular complexity index is 537. The van der Waals surface area contributed by atoms with Crippen molar-refractivity contribution in [2.24, 2.45) is 5.92 Å². The Morgan fingerprint density at radius 2 is 2.20 bits per heavy atom. The van der Waals surface area contributed by atoms with Crippen LogP contribution >= 0.6 is 0 Å². The van der Waals surface area contributed by atoms with Crippen LogP contribution in [0.25, 0.3) is 5.65 Å². The van der Waals surface area contributed by atoms with E-state index < -0.39 is 0 Å². The molecule has 0 unspecified atom stereocenters. The Morgan fingerprint density at radius 1 is 1.35 bits per heavy atom. The number of anilines is 2. The van der Waals surface area contributed by atoms with Crippen molar-refractivity contribution in [2.75, 3.05) is 36.9 Å². The fraction of sp³-hybridized carbons (Fsp3) is 0.571. The average molecular weight is 277 g/mol. The van der Waals surface area contributed by atoms with Gasteiger partial charge in [0.25, 0.3) is 0 Å². The van der Waals surface area contributed by atoms with Crippen LogP contribution in [-0.4, -0.2) is 40.7 Å². The van der Waals surface area contributed by atoms with Crippen LogP contribution in [0.3, 0.4) is 0 Å². The number of rotatable bonds is 8. The minimum absolute atomic E-state index is 0.559. The third-order valence-corrected chi connectivity index (χ3v) is 2.72. The molecule has 2 rings (SSSR count). The summed E-state index contributed by atoms with van der Waals surface area (Å²) in [5, 5.41) is 6.50. The molecule has 0 aliphatic heterocycles. The summed E-state index contributed by atoms with van der Waals surface area (Å²) in [6.45, 7) is 9.34. The van der Waals surface area contributed by atoms with Crippen molar-refractivity contribution in [1.82, 2.24) is 14.4 Å². The van der Waals surface area contributed by atoms with Crippen LogP contribution in [0.4, 0.5) is 11.6 Å². The van der Waals surface area contributed by atoms with Gasteiger partial charge in [-0.25, -0.2) is 9.97 Å². The Hall–Kier alpha value is -1.82. The molecule has 0 aromatic carbocycles. The quantitative estimate of drug-likeness (QED) is 0.725. The Balaban J connectivity index is 1.98. The molecule has 0 spiro atoms. The van der Waals surface area contributed by atoms with E-state index in [0.717, 1.165) is 37.0 Å². The minimum atomic E-state index is 0.559. The van der Waals surface area contributed by atoms with E-state index in [-0.39, 0.29) is 0 Å². The molecule has 0 aliphatic rings. The second-order valence-electron chi connectivity index (χ2n) is 5.06. The molecule has 6 nitrogen and oxygen atoms in total. The number of hydrogen-bond acceptors (Lipinski definition) is 5. The molecule has 2 heterocycles. The zero-order chi connectivity index (χ0) is 14.4. The third kappa shape index (κ3) is 3.84. The maximum Gasteiger partial charge on any atom is 0.180 e. The van der Waals surface area contributed by atoms with E-state index in [1.54, 1.807) is 6.20 Å². The van der Waals surface area contributed by atoms with Crippen molar-refractivity contribution in [3.63, 3.8) is 0 Å². The van der Waals surface area contributed by atoms with Gasteiger partial charge in [-0.15, -0.1) is 0 Å². The van der Waals surface area contributed by atoms with E-state index in [0.29, 0.717) is 12.5 Å². The van der Waals surface area contributed by atoms with Gasteiger partial charge in [0.15, 0.2) is 11.5 Å². The molecular formula is C14H23N5O. The summed E-state index contributed by atoms with van der Waals surface area (Å²) in [5.74, 6) is 2.18. The number of ether oxygens (including phenoxy) is 1. The van der Waals surface area contributed by atoms with Gasteiger partial charge in [0.05, 0.1) is 12.8 Å². The maximum absolute atomic E-state index is 5.55. The summed E-state index contributed by atoms with van der Waals surface area (Å²) in [6.07, 6.45) is 5.62. The molecule has 0 atom stereocenters. The van der Waals surface area contributed by atoms with Crippen LogP contribution < -0.4 is 10.6 Å². The third-order valence-electron chi connectivity index (χ3n) is 2.72. The van der Waals surface area contributed by atoms with Crippen LogP contribution in [0.2, 0.25) is 0 Å². The number of nitrogens with zero attached hydrogens (tertiary/aromatic N) is 3. The zero-order valence-electron chi connectivity index (χ0n) is 12.4. The fourth-order valence-electron chi connectivity index (χ4n) is 1.88. The Morgan fingerprint density at radius 3 is 2.95 bits per heavy atom. The first-order valence-electron chi connectivity index (χ1n) is 7.10. The molecule has 0 radical (unpaired) electrons. The van der Waals surface area contributed by atoms with Crippen molar-refractivity contribution in [3.05, 3.63) is 18.6 Å². The van der Waals surface area contributed by atoms with Crippen LogP contribution in [0, 0.1) is 5.92 Å². The fourth-order valence-corrected chi connectivity index (χ4v) is 1.88. The molecule has 0 bridgehead atoms. The lowest BCUT2D eigenvalue weighted by Gasteiger charge is -2.11. The highest BCUT2D eigenvalue weighted by molar-refractivity contribution is 5.65. The van der Waals surface area contributed by atoms with E-state index in [2.05, 4.69) is 34.4 Å². The van der Waals surface area contributed by atoms with E-state index in [1.807, 2.05) is 23.7 Å². The molecular weight excluding hydrogens is 254 g/mol. The van der Waals surface area contributed by atoms with E-state index in [4.69, 9.17) is 4.74 Å². The average Bonchev–Trinajstić information content (AvgIpc) is 2.86. The summed E-state index contributed by atoms with van der Waals surface area (Å²) in [6, 6.07) is 0. The SMILES string of the molecule is CCNc1cn2ccnc2c(NCCOCC(C)C)n1. The summed E-state index contributed by atoms with van der Waals surface area (Å²) in [7, 11) is 0. The lowest BCUT2D eigenvalue weighted by atomic mass is 10.2. The van der Waals surface area contributed by atoms with Gasteiger partial charge in [-0.1, -0.05) is 13.8 Å². The van der Waals surface area contributed by atoms with Gasteiger partial charge < -0.3 is 19.8 Å². The predicted octanol–water partition coefficient (Wildman–Crippen LogP) is 2.25. The van der Waals surface area contributed by atoms with Gasteiger partial charge in [0.2, 0.25) is 0 Å². The smallest absolute Gasteiger partial charge is 0.180 e. The molecule has 0 fully saturated rings. The molecule has 6 heteroatoms. The highest BCUT2D eigenvalue weighted by atomic mass is 16.5. The molecule has 0 saturated carbocycles. The molecule has 20 heavy (non-hydrogen) atoms. The van der Waals surface area contributed by atoms with Gasteiger partial charge in [0, 0.05) is 32.1 Å². The van der Waals surface area contributed by atoms with Gasteiger partial charge in [-0.05, 0) is 12.8 Å². The van der Waals surface area contributed by atoms with Crippen molar-refractivity contribution in [1.29, 1.82) is 0 Å². The first-order chi connectivity index (χ1) is 9.70. The number of imidazole rings is 1. The zero-order valence-corrected chi connectivity index (χ0v) is 12.4. The molecule has 2 aromatic rings. The molecule has 2 N–H and O–H groups in total. The Labute approximate surface area is 119 Å². The summed E-state index contributed by atoms with van der Waals surface area (Å²) in [5.41, 5.74) is 0.829. The lowest BCUT2D eigenvalue weighted by molar-refractivity contribution is 0.118. The van der Waals surface area contributed by atoms with Gasteiger partial charge in [-0.2, -0.15) is 0 Å². The number of aromatic nitrogens is 3. The van der Waals surface area contributed by atoms with Gasteiger partial charge in [-0.3, -0.25) is 0 Å². The maximum atomic E-state index is 5.55. The highest BCUT2D eigenvalue weighted by Crippen LogP contribution is 2.15. The monoisotopic (exact) mass is 277 g/mol. The van der Waals surface area contributed by atoms with Crippen molar-refractivity contribution in [2.45, 2.75) is 20.8 Å². The largest absolute Gasteiger partial charge is 0.379 e. The lowest BCUT2D eigenvalue weighted by Crippen LogP contribution is -2.14. The van der Waals surface area contributed by atoms with Crippen molar-refractivity contribution >= 4 is 17.3 Å². The second kappa shape index (κ2) is 7.09. The summed E-state index contributed by atoms with van der Waals surface area (Å²) in [4.78, 5) is 8.85. The number of hydrogen-bond donors (Lipinski definition) is 2. The second-order valence-corrected chi connectivity index (χ2v) is 5.06. The van der Waals surface area contributed by atoms with Crippen molar-refractivity contribution < 1.29 is 4.74 Å². The highest BCUT2D eigenvalue weighted by Gasteiger charge is 2.06. The molecule has 0 saturated heterocycles. The molecule has 0 amide bonds. The molecule has 2 aromatic heterocycles. The van der Waals surface area contributed by atoms with Crippen LogP contribution in [0.5, 0.6) is 0 Å². The van der Waals surface area contributed by atoms with E-state index in [1.165, 1.54) is 0 Å². The molecule has 110 valence electrons. The summed E-state index contributed by atoms with van der Waals surface area (Å²) < 4.78 is 7.52. The van der Waals surface area contributed by atoms with Crippen molar-refractivity contribution in [3.8, 4) is 0 Å². The van der Waals surface area contributed by atoms with E-state index >= 15 is 0 Å². The van der Waals surface area contributed by atoms with E-state index in [9.17, 15) is 0 Å². The summed E-state index contributed by atoms with van der Waals surface area (Å²) >= 11 is 0.